The van der Waals surface area contributed by atoms with Crippen LogP contribution in [0, 0.1) is 6.92 Å². The first-order valence-corrected chi connectivity index (χ1v) is 11.0. The minimum atomic E-state index is -0.763. The molecule has 0 aliphatic carbocycles. The van der Waals surface area contributed by atoms with Gasteiger partial charge in [0.2, 0.25) is 5.44 Å². The maximum absolute atomic E-state index is 12.7. The van der Waals surface area contributed by atoms with E-state index in [0.29, 0.717) is 22.6 Å². The molecule has 8 heteroatoms. The van der Waals surface area contributed by atoms with Crippen molar-refractivity contribution in [2.24, 2.45) is 0 Å². The van der Waals surface area contributed by atoms with Crippen LogP contribution in [-0.4, -0.2) is 34.0 Å². The van der Waals surface area contributed by atoms with Crippen LogP contribution in [0.1, 0.15) is 25.3 Å². The van der Waals surface area contributed by atoms with Crippen molar-refractivity contribution in [3.63, 3.8) is 0 Å². The smallest absolute Gasteiger partial charge is 0.272 e. The molecule has 0 aliphatic rings. The van der Waals surface area contributed by atoms with E-state index in [9.17, 15) is 4.79 Å². The molecule has 0 aliphatic heterocycles. The van der Waals surface area contributed by atoms with Crippen LogP contribution in [0.4, 0.5) is 0 Å². The van der Waals surface area contributed by atoms with E-state index in [0.717, 1.165) is 10.1 Å². The highest BCUT2D eigenvalue weighted by Gasteiger charge is 2.30. The van der Waals surface area contributed by atoms with Gasteiger partial charge in [-0.2, -0.15) is 0 Å². The Kier molecular flexibility index (Phi) is 7.37. The third kappa shape index (κ3) is 5.65. The van der Waals surface area contributed by atoms with Gasteiger partial charge in [-0.15, -0.1) is 23.5 Å². The zero-order valence-corrected chi connectivity index (χ0v) is 18.4. The lowest BCUT2D eigenvalue weighted by molar-refractivity contribution is -0.127. The molecule has 1 unspecified atom stereocenters. The van der Waals surface area contributed by atoms with Gasteiger partial charge in [-0.05, 0) is 45.4 Å². The van der Waals surface area contributed by atoms with Gasteiger partial charge in [0.05, 0.1) is 10.9 Å². The summed E-state index contributed by atoms with van der Waals surface area (Å²) in [5.74, 6) is 0.760. The van der Waals surface area contributed by atoms with Crippen LogP contribution in [0.25, 0.3) is 12.7 Å². The SMILES string of the molecule is C=C(/C=c1/cc(SC)cnc1=C)OC(SC)C(=O)NC(C)(C)c1cc(C)on1. The number of carbonyl (C=O) groups is 1. The number of hydrogen-bond donors (Lipinski definition) is 1. The Bertz CT molecular complexity index is 969. The standard InChI is InChI=1S/C20H25N3O3S2/c1-12(8-15-10-16(27-6)11-21-14(15)3)25-19(28-7)18(24)22-20(4,5)17-9-13(2)26-23-17/h8-11,19H,1,3H2,2,4-7H3,(H,22,24)/b15-8-. The van der Waals surface area contributed by atoms with Crippen molar-refractivity contribution in [1.82, 2.24) is 15.5 Å². The molecule has 2 rings (SSSR count). The second-order valence-corrected chi connectivity index (χ2v) is 8.42. The molecular formula is C20H25N3O3S2. The lowest BCUT2D eigenvalue weighted by Crippen LogP contribution is -2.45. The van der Waals surface area contributed by atoms with Crippen LogP contribution in [-0.2, 0) is 15.1 Å². The van der Waals surface area contributed by atoms with E-state index in [-0.39, 0.29) is 5.91 Å². The Morgan fingerprint density at radius 1 is 1.39 bits per heavy atom. The summed E-state index contributed by atoms with van der Waals surface area (Å²) in [6, 6.07) is 3.75. The summed E-state index contributed by atoms with van der Waals surface area (Å²) >= 11 is 2.86. The topological polar surface area (TPSA) is 77.2 Å². The van der Waals surface area contributed by atoms with Gasteiger partial charge in [0, 0.05) is 22.4 Å². The molecule has 0 fully saturated rings. The van der Waals surface area contributed by atoms with Gasteiger partial charge in [-0.3, -0.25) is 9.78 Å². The predicted molar refractivity (Wildman–Crippen MR) is 115 cm³/mol. The monoisotopic (exact) mass is 419 g/mol. The van der Waals surface area contributed by atoms with Crippen LogP contribution in [0.2, 0.25) is 0 Å². The fourth-order valence-corrected chi connectivity index (χ4v) is 3.27. The number of nitrogens with zero attached hydrogens (tertiary/aromatic N) is 2. The number of ether oxygens (including phenoxy) is 1. The van der Waals surface area contributed by atoms with Crippen LogP contribution in [0.5, 0.6) is 0 Å². The van der Waals surface area contributed by atoms with Crippen molar-refractivity contribution >= 4 is 42.1 Å². The van der Waals surface area contributed by atoms with Crippen molar-refractivity contribution in [2.45, 2.75) is 36.6 Å². The molecule has 150 valence electrons. The van der Waals surface area contributed by atoms with Crippen molar-refractivity contribution in [2.75, 3.05) is 12.5 Å². The molecule has 2 heterocycles. The van der Waals surface area contributed by atoms with Crippen LogP contribution in [0.15, 0.2) is 40.1 Å². The summed E-state index contributed by atoms with van der Waals surface area (Å²) in [5.41, 5.74) is -0.819. The van der Waals surface area contributed by atoms with Crippen molar-refractivity contribution in [1.29, 1.82) is 0 Å². The number of pyridine rings is 1. The molecule has 1 amide bonds. The molecule has 0 aromatic carbocycles. The minimum absolute atomic E-state index is 0.279. The predicted octanol–water partition coefficient (Wildman–Crippen LogP) is 2.56. The molecular weight excluding hydrogens is 394 g/mol. The molecule has 0 spiro atoms. The Balaban J connectivity index is 2.13. The fourth-order valence-electron chi connectivity index (χ4n) is 2.37. The largest absolute Gasteiger partial charge is 0.470 e. The number of amides is 1. The lowest BCUT2D eigenvalue weighted by Gasteiger charge is -2.26. The molecule has 0 saturated heterocycles. The second-order valence-electron chi connectivity index (χ2n) is 6.64. The Labute approximate surface area is 173 Å². The van der Waals surface area contributed by atoms with Crippen LogP contribution in [0.3, 0.4) is 0 Å². The lowest BCUT2D eigenvalue weighted by atomic mass is 10.0. The van der Waals surface area contributed by atoms with Crippen molar-refractivity contribution < 1.29 is 14.1 Å². The van der Waals surface area contributed by atoms with Gasteiger partial charge < -0.3 is 14.6 Å². The van der Waals surface area contributed by atoms with E-state index in [4.69, 9.17) is 9.26 Å². The zero-order valence-electron chi connectivity index (χ0n) is 16.7. The number of aryl methyl sites for hydroxylation is 1. The van der Waals surface area contributed by atoms with Gasteiger partial charge in [0.25, 0.3) is 5.91 Å². The maximum atomic E-state index is 12.7. The highest BCUT2D eigenvalue weighted by atomic mass is 32.2. The molecule has 1 atom stereocenters. The zero-order chi connectivity index (χ0) is 20.9. The summed E-state index contributed by atoms with van der Waals surface area (Å²) in [4.78, 5) is 18.0. The van der Waals surface area contributed by atoms with E-state index >= 15 is 0 Å². The normalized spacial score (nSPS) is 13.2. The molecule has 0 saturated carbocycles. The first-order valence-electron chi connectivity index (χ1n) is 8.51. The van der Waals surface area contributed by atoms with Gasteiger partial charge in [0.15, 0.2) is 0 Å². The fraction of sp³-hybridized carbons (Fsp3) is 0.350. The molecule has 0 radical (unpaired) electrons. The van der Waals surface area contributed by atoms with Gasteiger partial charge in [-0.1, -0.05) is 18.3 Å². The minimum Gasteiger partial charge on any atom is -0.470 e. The second kappa shape index (κ2) is 9.34. The molecule has 28 heavy (non-hydrogen) atoms. The molecule has 2 aromatic rings. The quantitative estimate of drug-likeness (QED) is 0.400. The molecule has 6 nitrogen and oxygen atoms in total. The summed E-state index contributed by atoms with van der Waals surface area (Å²) in [6.07, 6.45) is 7.27. The van der Waals surface area contributed by atoms with E-state index < -0.39 is 11.0 Å². The maximum Gasteiger partial charge on any atom is 0.272 e. The van der Waals surface area contributed by atoms with Crippen molar-refractivity contribution in [3.8, 4) is 0 Å². The number of aromatic nitrogens is 2. The Morgan fingerprint density at radius 2 is 2.11 bits per heavy atom. The number of rotatable bonds is 8. The van der Waals surface area contributed by atoms with E-state index in [1.54, 1.807) is 43.3 Å². The number of nitrogens with one attached hydrogen (secondary N) is 1. The number of allylic oxidation sites excluding steroid dienone is 1. The highest BCUT2D eigenvalue weighted by Crippen LogP contribution is 2.22. The van der Waals surface area contributed by atoms with Gasteiger partial charge >= 0.3 is 0 Å². The summed E-state index contributed by atoms with van der Waals surface area (Å²) in [5, 5.41) is 8.36. The van der Waals surface area contributed by atoms with E-state index in [2.05, 4.69) is 28.6 Å². The Morgan fingerprint density at radius 3 is 2.68 bits per heavy atom. The first kappa shape index (κ1) is 22.1. The third-order valence-corrected chi connectivity index (χ3v) is 5.35. The average molecular weight is 420 g/mol. The van der Waals surface area contributed by atoms with Crippen LogP contribution >= 0.6 is 23.5 Å². The summed E-state index contributed by atoms with van der Waals surface area (Å²) < 4.78 is 10.9. The van der Waals surface area contributed by atoms with E-state index in [1.807, 2.05) is 26.2 Å². The number of thioether (sulfide) groups is 2. The molecule has 0 bridgehead atoms. The number of carbonyl (C=O) groups excluding carboxylic acids is 1. The first-order chi connectivity index (χ1) is 13.2. The third-order valence-electron chi connectivity index (χ3n) is 3.92. The summed E-state index contributed by atoms with van der Waals surface area (Å²) in [7, 11) is 0. The van der Waals surface area contributed by atoms with E-state index in [1.165, 1.54) is 11.8 Å². The Hall–Kier alpha value is -2.19. The van der Waals surface area contributed by atoms with Gasteiger partial charge in [0.1, 0.15) is 17.2 Å². The van der Waals surface area contributed by atoms with Crippen molar-refractivity contribution in [3.05, 3.63) is 52.7 Å². The molecule has 2 aromatic heterocycles. The number of hydrogen-bond acceptors (Lipinski definition) is 7. The summed E-state index contributed by atoms with van der Waals surface area (Å²) in [6.45, 7) is 13.4. The molecule has 1 N–H and O–H groups in total. The van der Waals surface area contributed by atoms with Crippen LogP contribution < -0.4 is 15.9 Å². The average Bonchev–Trinajstić information content (AvgIpc) is 3.08. The highest BCUT2D eigenvalue weighted by molar-refractivity contribution is 7.99. The van der Waals surface area contributed by atoms with Gasteiger partial charge in [-0.25, -0.2) is 0 Å².